The number of nitrogen functional groups attached to an aromatic ring is 1. The van der Waals surface area contributed by atoms with Gasteiger partial charge in [0.1, 0.15) is 5.82 Å². The topological polar surface area (TPSA) is 55.1 Å². The van der Waals surface area contributed by atoms with Gasteiger partial charge in [-0.3, -0.25) is 4.79 Å². The molecule has 0 bridgehead atoms. The van der Waals surface area contributed by atoms with E-state index in [1.807, 2.05) is 19.1 Å². The molecule has 0 fully saturated rings. The fourth-order valence-corrected chi connectivity index (χ4v) is 1.72. The minimum Gasteiger partial charge on any atom is -0.399 e. The lowest BCUT2D eigenvalue weighted by molar-refractivity contribution is 0.102. The molecule has 19 heavy (non-hydrogen) atoms. The summed E-state index contributed by atoms with van der Waals surface area (Å²) in [5, 5.41) is 2.52. The summed E-state index contributed by atoms with van der Waals surface area (Å²) < 4.78 is 13.6. The third-order valence-electron chi connectivity index (χ3n) is 2.87. The van der Waals surface area contributed by atoms with E-state index in [0.717, 1.165) is 12.0 Å². The van der Waals surface area contributed by atoms with Crippen molar-refractivity contribution in [3.8, 4) is 0 Å². The van der Waals surface area contributed by atoms with Gasteiger partial charge in [-0.1, -0.05) is 19.1 Å². The van der Waals surface area contributed by atoms with Crippen LogP contribution in [-0.2, 0) is 6.42 Å². The first kappa shape index (κ1) is 13.1. The number of aryl methyl sites for hydroxylation is 1. The fourth-order valence-electron chi connectivity index (χ4n) is 1.72. The normalized spacial score (nSPS) is 10.2. The van der Waals surface area contributed by atoms with Crippen LogP contribution >= 0.6 is 0 Å². The van der Waals surface area contributed by atoms with Crippen molar-refractivity contribution in [2.45, 2.75) is 13.3 Å². The molecule has 0 spiro atoms. The van der Waals surface area contributed by atoms with Crippen molar-refractivity contribution in [3.05, 3.63) is 59.4 Å². The van der Waals surface area contributed by atoms with E-state index in [9.17, 15) is 9.18 Å². The van der Waals surface area contributed by atoms with Crippen molar-refractivity contribution in [1.82, 2.24) is 0 Å². The molecule has 0 aliphatic rings. The second-order valence-corrected chi connectivity index (χ2v) is 4.24. The Bertz CT molecular complexity index is 594. The summed E-state index contributed by atoms with van der Waals surface area (Å²) in [6.45, 7) is 2.04. The highest BCUT2D eigenvalue weighted by atomic mass is 19.1. The number of nitrogens with two attached hydrogens (primary N) is 1. The molecule has 98 valence electrons. The molecule has 0 radical (unpaired) electrons. The van der Waals surface area contributed by atoms with E-state index in [-0.39, 0.29) is 11.6 Å². The lowest BCUT2D eigenvalue weighted by Gasteiger charge is -2.07. The molecule has 0 saturated heterocycles. The standard InChI is InChI=1S/C15H15FN2O/c1-2-10-3-5-11(6-4-10)15(19)18-14-8-7-12(17)9-13(14)16/h3-9H,2,17H2,1H3,(H,18,19). The summed E-state index contributed by atoms with van der Waals surface area (Å²) in [6.07, 6.45) is 0.911. The van der Waals surface area contributed by atoms with Gasteiger partial charge in [0.25, 0.3) is 5.91 Å². The zero-order chi connectivity index (χ0) is 13.8. The largest absolute Gasteiger partial charge is 0.399 e. The number of anilines is 2. The van der Waals surface area contributed by atoms with Crippen LogP contribution in [0.1, 0.15) is 22.8 Å². The number of hydrogen-bond acceptors (Lipinski definition) is 2. The highest BCUT2D eigenvalue weighted by Crippen LogP contribution is 2.18. The average Bonchev–Trinajstić information content (AvgIpc) is 2.42. The van der Waals surface area contributed by atoms with Crippen LogP contribution in [0.2, 0.25) is 0 Å². The zero-order valence-corrected chi connectivity index (χ0v) is 10.6. The number of benzene rings is 2. The fraction of sp³-hybridized carbons (Fsp3) is 0.133. The quantitative estimate of drug-likeness (QED) is 0.830. The number of rotatable bonds is 3. The van der Waals surface area contributed by atoms with Gasteiger partial charge in [-0.05, 0) is 42.3 Å². The van der Waals surface area contributed by atoms with Gasteiger partial charge in [-0.25, -0.2) is 4.39 Å². The van der Waals surface area contributed by atoms with Crippen molar-refractivity contribution in [3.63, 3.8) is 0 Å². The van der Waals surface area contributed by atoms with E-state index in [2.05, 4.69) is 5.32 Å². The first-order valence-corrected chi connectivity index (χ1v) is 6.05. The Morgan fingerprint density at radius 1 is 1.21 bits per heavy atom. The average molecular weight is 258 g/mol. The number of nitrogens with one attached hydrogen (secondary N) is 1. The Morgan fingerprint density at radius 3 is 2.47 bits per heavy atom. The monoisotopic (exact) mass is 258 g/mol. The smallest absolute Gasteiger partial charge is 0.255 e. The molecule has 0 saturated carbocycles. The van der Waals surface area contributed by atoms with Crippen LogP contribution in [-0.4, -0.2) is 5.91 Å². The van der Waals surface area contributed by atoms with Crippen molar-refractivity contribution in [2.24, 2.45) is 0 Å². The molecule has 3 N–H and O–H groups in total. The van der Waals surface area contributed by atoms with E-state index in [0.29, 0.717) is 11.3 Å². The molecule has 3 nitrogen and oxygen atoms in total. The number of hydrogen-bond donors (Lipinski definition) is 2. The van der Waals surface area contributed by atoms with E-state index in [4.69, 9.17) is 5.73 Å². The van der Waals surface area contributed by atoms with Crippen LogP contribution < -0.4 is 11.1 Å². The number of amides is 1. The van der Waals surface area contributed by atoms with Crippen LogP contribution in [0.5, 0.6) is 0 Å². The van der Waals surface area contributed by atoms with Crippen LogP contribution in [0.4, 0.5) is 15.8 Å². The van der Waals surface area contributed by atoms with Gasteiger partial charge in [0.15, 0.2) is 0 Å². The Balaban J connectivity index is 2.15. The molecule has 0 aromatic heterocycles. The van der Waals surface area contributed by atoms with Gasteiger partial charge in [-0.2, -0.15) is 0 Å². The van der Waals surface area contributed by atoms with Crippen molar-refractivity contribution >= 4 is 17.3 Å². The summed E-state index contributed by atoms with van der Waals surface area (Å²) in [7, 11) is 0. The van der Waals surface area contributed by atoms with E-state index in [1.165, 1.54) is 12.1 Å². The van der Waals surface area contributed by atoms with Crippen molar-refractivity contribution < 1.29 is 9.18 Å². The van der Waals surface area contributed by atoms with Gasteiger partial charge >= 0.3 is 0 Å². The highest BCUT2D eigenvalue weighted by Gasteiger charge is 2.09. The summed E-state index contributed by atoms with van der Waals surface area (Å²) in [6, 6.07) is 11.4. The summed E-state index contributed by atoms with van der Waals surface area (Å²) in [5.41, 5.74) is 7.54. The van der Waals surface area contributed by atoms with Crippen LogP contribution in [0.25, 0.3) is 0 Å². The highest BCUT2D eigenvalue weighted by molar-refractivity contribution is 6.04. The first-order chi connectivity index (χ1) is 9.10. The van der Waals surface area contributed by atoms with Crippen molar-refractivity contribution in [1.29, 1.82) is 0 Å². The molecule has 2 aromatic carbocycles. The minimum atomic E-state index is -0.543. The number of halogens is 1. The summed E-state index contributed by atoms with van der Waals surface area (Å²) in [5.74, 6) is -0.884. The molecular formula is C15H15FN2O. The maximum Gasteiger partial charge on any atom is 0.255 e. The Hall–Kier alpha value is -2.36. The lowest BCUT2D eigenvalue weighted by atomic mass is 10.1. The van der Waals surface area contributed by atoms with Gasteiger partial charge in [0.2, 0.25) is 0 Å². The van der Waals surface area contributed by atoms with E-state index < -0.39 is 5.82 Å². The van der Waals surface area contributed by atoms with E-state index >= 15 is 0 Å². The minimum absolute atomic E-state index is 0.124. The van der Waals surface area contributed by atoms with Crippen LogP contribution in [0.3, 0.4) is 0 Å². The third-order valence-corrected chi connectivity index (χ3v) is 2.87. The molecule has 1 amide bonds. The predicted octanol–water partition coefficient (Wildman–Crippen LogP) is 3.22. The lowest BCUT2D eigenvalue weighted by Crippen LogP contribution is -2.13. The maximum absolute atomic E-state index is 13.6. The second kappa shape index (κ2) is 5.52. The van der Waals surface area contributed by atoms with Gasteiger partial charge in [0.05, 0.1) is 5.69 Å². The number of carbonyl (C=O) groups is 1. The van der Waals surface area contributed by atoms with Gasteiger partial charge < -0.3 is 11.1 Å². The van der Waals surface area contributed by atoms with E-state index in [1.54, 1.807) is 18.2 Å². The SMILES string of the molecule is CCc1ccc(C(=O)Nc2ccc(N)cc2F)cc1. The van der Waals surface area contributed by atoms with Crippen molar-refractivity contribution in [2.75, 3.05) is 11.1 Å². The molecule has 4 heteroatoms. The van der Waals surface area contributed by atoms with Gasteiger partial charge in [-0.15, -0.1) is 0 Å². The molecule has 2 rings (SSSR count). The van der Waals surface area contributed by atoms with Crippen LogP contribution in [0, 0.1) is 5.82 Å². The summed E-state index contributed by atoms with van der Waals surface area (Å²) >= 11 is 0. The molecule has 0 heterocycles. The molecular weight excluding hydrogens is 243 g/mol. The zero-order valence-electron chi connectivity index (χ0n) is 10.6. The Kier molecular flexibility index (Phi) is 3.80. The number of carbonyl (C=O) groups excluding carboxylic acids is 1. The van der Waals surface area contributed by atoms with Crippen LogP contribution in [0.15, 0.2) is 42.5 Å². The molecule has 0 atom stereocenters. The Labute approximate surface area is 111 Å². The Morgan fingerprint density at radius 2 is 1.89 bits per heavy atom. The molecule has 0 aliphatic carbocycles. The van der Waals surface area contributed by atoms with Gasteiger partial charge in [0, 0.05) is 11.3 Å². The molecule has 0 aliphatic heterocycles. The summed E-state index contributed by atoms with van der Waals surface area (Å²) in [4.78, 5) is 11.9. The third kappa shape index (κ3) is 3.10. The molecule has 0 unspecified atom stereocenters. The second-order valence-electron chi connectivity index (χ2n) is 4.24. The maximum atomic E-state index is 13.6. The predicted molar refractivity (Wildman–Crippen MR) is 74.6 cm³/mol. The first-order valence-electron chi connectivity index (χ1n) is 6.05. The molecule has 2 aromatic rings.